The van der Waals surface area contributed by atoms with Gasteiger partial charge in [0, 0.05) is 32.8 Å². The third-order valence-electron chi connectivity index (χ3n) is 7.55. The molecule has 1 N–H and O–H groups in total. The zero-order valence-electron chi connectivity index (χ0n) is 22.8. The van der Waals surface area contributed by atoms with Crippen LogP contribution in [0.25, 0.3) is 22.4 Å². The van der Waals surface area contributed by atoms with Gasteiger partial charge < -0.3 is 19.5 Å². The smallest absolute Gasteiger partial charge is 0.280 e. The molecule has 1 aliphatic carbocycles. The summed E-state index contributed by atoms with van der Waals surface area (Å²) < 4.78 is 23.0. The zero-order chi connectivity index (χ0) is 28.1. The molecule has 40 heavy (non-hydrogen) atoms. The van der Waals surface area contributed by atoms with Crippen LogP contribution in [0.4, 0.5) is 10.2 Å². The van der Waals surface area contributed by atoms with Crippen LogP contribution in [0.3, 0.4) is 0 Å². The summed E-state index contributed by atoms with van der Waals surface area (Å²) in [6, 6.07) is 9.83. The van der Waals surface area contributed by atoms with Gasteiger partial charge in [0.05, 0.1) is 36.1 Å². The van der Waals surface area contributed by atoms with Crippen LogP contribution in [-0.2, 0) is 4.74 Å². The molecule has 0 bridgehead atoms. The van der Waals surface area contributed by atoms with Crippen LogP contribution in [0, 0.1) is 5.82 Å². The number of anilines is 1. The minimum atomic E-state index is -0.224. The Labute approximate surface area is 242 Å². The number of hydrogen-bond acceptors (Lipinski definition) is 7. The molecule has 2 aliphatic rings. The number of hydrogen-bond donors (Lipinski definition) is 1. The van der Waals surface area contributed by atoms with Gasteiger partial charge in [0.1, 0.15) is 27.3 Å². The highest BCUT2D eigenvalue weighted by Gasteiger charge is 2.28. The van der Waals surface area contributed by atoms with E-state index in [-0.39, 0.29) is 11.7 Å². The number of amides is 1. The van der Waals surface area contributed by atoms with Gasteiger partial charge in [0.2, 0.25) is 0 Å². The molecular weight excluding hydrogens is 551 g/mol. The van der Waals surface area contributed by atoms with Gasteiger partial charge in [-0.15, -0.1) is 0 Å². The normalized spacial score (nSPS) is 17.6. The van der Waals surface area contributed by atoms with Gasteiger partial charge in [-0.25, -0.2) is 19.3 Å². The molecular formula is C29H34ClFN6O2S. The molecule has 8 nitrogen and oxygen atoms in total. The quantitative estimate of drug-likeness (QED) is 0.278. The van der Waals surface area contributed by atoms with Crippen molar-refractivity contribution in [3.05, 3.63) is 57.9 Å². The summed E-state index contributed by atoms with van der Waals surface area (Å²) in [6.07, 6.45) is 11.5. The van der Waals surface area contributed by atoms with Crippen LogP contribution >= 0.6 is 22.9 Å². The molecule has 1 atom stereocenters. The molecule has 1 aliphatic heterocycles. The third kappa shape index (κ3) is 6.14. The van der Waals surface area contributed by atoms with Crippen LogP contribution < -0.4 is 10.2 Å². The summed E-state index contributed by atoms with van der Waals surface area (Å²) in [5.74, 6) is 1.28. The van der Waals surface area contributed by atoms with E-state index in [1.54, 1.807) is 20.2 Å². The van der Waals surface area contributed by atoms with E-state index < -0.39 is 0 Å². The van der Waals surface area contributed by atoms with Crippen LogP contribution in [0.15, 0.2) is 42.7 Å². The Hall–Kier alpha value is -3.08. The van der Waals surface area contributed by atoms with Crippen LogP contribution in [0.5, 0.6) is 0 Å². The van der Waals surface area contributed by atoms with E-state index in [0.29, 0.717) is 33.6 Å². The molecule has 2 fully saturated rings. The number of thiazole rings is 1. The first-order valence-corrected chi connectivity index (χ1v) is 14.9. The molecule has 1 saturated heterocycles. The van der Waals surface area contributed by atoms with Gasteiger partial charge in [-0.1, -0.05) is 54.3 Å². The Morgan fingerprint density at radius 2 is 1.95 bits per heavy atom. The van der Waals surface area contributed by atoms with E-state index in [1.807, 2.05) is 18.3 Å². The maximum atomic E-state index is 14.7. The molecule has 1 unspecified atom stereocenters. The fourth-order valence-corrected chi connectivity index (χ4v) is 6.51. The van der Waals surface area contributed by atoms with E-state index in [2.05, 4.69) is 25.8 Å². The Morgan fingerprint density at radius 1 is 1.15 bits per heavy atom. The number of halogens is 2. The monoisotopic (exact) mass is 584 g/mol. The lowest BCUT2D eigenvalue weighted by Gasteiger charge is -2.27. The number of nitrogens with zero attached hydrogens (tertiary/aromatic N) is 5. The predicted molar refractivity (Wildman–Crippen MR) is 158 cm³/mol. The first-order valence-electron chi connectivity index (χ1n) is 13.7. The molecule has 1 aromatic carbocycles. The maximum absolute atomic E-state index is 14.7. The summed E-state index contributed by atoms with van der Waals surface area (Å²) in [5.41, 5.74) is 2.47. The van der Waals surface area contributed by atoms with Crippen molar-refractivity contribution in [2.45, 2.75) is 57.0 Å². The van der Waals surface area contributed by atoms with Crippen molar-refractivity contribution in [1.82, 2.24) is 24.8 Å². The van der Waals surface area contributed by atoms with E-state index >= 15 is 0 Å². The molecule has 212 valence electrons. The Morgan fingerprint density at radius 3 is 2.65 bits per heavy atom. The Kier molecular flexibility index (Phi) is 9.29. The summed E-state index contributed by atoms with van der Waals surface area (Å²) >= 11 is 6.70. The molecule has 6 rings (SSSR count). The van der Waals surface area contributed by atoms with Crippen molar-refractivity contribution in [2.24, 2.45) is 0 Å². The van der Waals surface area contributed by atoms with Crippen molar-refractivity contribution >= 4 is 45.7 Å². The Balaban J connectivity index is 0.000000274. The van der Waals surface area contributed by atoms with E-state index in [4.69, 9.17) is 26.3 Å². The number of ether oxygens (including phenoxy) is 1. The summed E-state index contributed by atoms with van der Waals surface area (Å²) in [4.78, 5) is 26.5. The highest BCUT2D eigenvalue weighted by Crippen LogP contribution is 2.37. The first kappa shape index (κ1) is 28.4. The van der Waals surface area contributed by atoms with E-state index in [0.717, 1.165) is 66.2 Å². The minimum absolute atomic E-state index is 0.197. The lowest BCUT2D eigenvalue weighted by Crippen LogP contribution is -2.33. The summed E-state index contributed by atoms with van der Waals surface area (Å²) in [5, 5.41) is 2.84. The number of carbonyl (C=O) groups is 1. The number of pyridine rings is 1. The van der Waals surface area contributed by atoms with E-state index in [9.17, 15) is 9.18 Å². The minimum Gasteiger partial charge on any atom is -0.383 e. The second-order valence-electron chi connectivity index (χ2n) is 10.1. The number of imidazole rings is 1. The highest BCUT2D eigenvalue weighted by atomic mass is 35.5. The van der Waals surface area contributed by atoms with Crippen LogP contribution in [0.2, 0.25) is 4.34 Å². The first-order chi connectivity index (χ1) is 19.5. The predicted octanol–water partition coefficient (Wildman–Crippen LogP) is 6.51. The van der Waals surface area contributed by atoms with Crippen LogP contribution in [-0.4, -0.2) is 58.8 Å². The number of benzene rings is 1. The molecule has 4 aromatic rings. The summed E-state index contributed by atoms with van der Waals surface area (Å²) in [7, 11) is 3.31. The van der Waals surface area contributed by atoms with Gasteiger partial charge in [0.25, 0.3) is 5.91 Å². The molecule has 0 spiro atoms. The van der Waals surface area contributed by atoms with Crippen molar-refractivity contribution in [2.75, 3.05) is 32.2 Å². The molecule has 4 heterocycles. The lowest BCUT2D eigenvalue weighted by atomic mass is 9.95. The fraction of sp³-hybridized carbons (Fsp3) is 0.448. The topological polar surface area (TPSA) is 85.2 Å². The van der Waals surface area contributed by atoms with Crippen molar-refractivity contribution in [3.8, 4) is 11.4 Å². The molecule has 1 amide bonds. The van der Waals surface area contributed by atoms with Crippen molar-refractivity contribution in [3.63, 3.8) is 0 Å². The average Bonchev–Trinajstić information content (AvgIpc) is 3.72. The zero-order valence-corrected chi connectivity index (χ0v) is 24.3. The Bertz CT molecular complexity index is 1450. The second kappa shape index (κ2) is 13.1. The number of carbonyl (C=O) groups excluding carboxylic acids is 1. The second-order valence-corrected chi connectivity index (χ2v) is 11.8. The number of aromatic nitrogens is 4. The van der Waals surface area contributed by atoms with Gasteiger partial charge in [0.15, 0.2) is 5.01 Å². The van der Waals surface area contributed by atoms with Gasteiger partial charge in [-0.2, -0.15) is 0 Å². The number of methoxy groups -OCH3 is 1. The van der Waals surface area contributed by atoms with Crippen molar-refractivity contribution < 1.29 is 13.9 Å². The number of fused-ring (bicyclic) bond motifs is 1. The highest BCUT2D eigenvalue weighted by molar-refractivity contribution is 7.17. The van der Waals surface area contributed by atoms with E-state index in [1.165, 1.54) is 31.5 Å². The van der Waals surface area contributed by atoms with Crippen LogP contribution in [0.1, 0.15) is 60.8 Å². The average molecular weight is 585 g/mol. The maximum Gasteiger partial charge on any atom is 0.280 e. The number of nitrogens with one attached hydrogen (secondary N) is 1. The van der Waals surface area contributed by atoms with Gasteiger partial charge >= 0.3 is 0 Å². The fourth-order valence-electron chi connectivity index (χ4n) is 5.66. The number of rotatable bonds is 6. The lowest BCUT2D eigenvalue weighted by molar-refractivity contribution is 0.0962. The standard InChI is InChI=1S/C24H29FN4O.C5H5ClN2OS/c1-30-16-18-10-7-13-28(18)23-14-22-21(15-26-23)27-24(19-11-5-6-12-20(19)25)29(22)17-8-3-2-4-9-17;1-7-4(9)5-8-2-3(6)10-5/h5-6,11-12,14-15,17-18H,2-4,7-10,13,16H2,1H3;2H,1H3,(H,7,9). The third-order valence-corrected chi connectivity index (χ3v) is 8.66. The largest absolute Gasteiger partial charge is 0.383 e. The molecule has 3 aromatic heterocycles. The SMILES string of the molecule is CNC(=O)c1ncc(Cl)s1.COCC1CCCN1c1cc2c(cn1)nc(-c1ccccc1F)n2C1CCCCC1. The molecule has 1 saturated carbocycles. The van der Waals surface area contributed by atoms with Gasteiger partial charge in [-0.3, -0.25) is 4.79 Å². The van der Waals surface area contributed by atoms with Gasteiger partial charge in [-0.05, 0) is 37.8 Å². The van der Waals surface area contributed by atoms with Crippen molar-refractivity contribution in [1.29, 1.82) is 0 Å². The molecule has 11 heteroatoms. The summed E-state index contributed by atoms with van der Waals surface area (Å²) in [6.45, 7) is 1.70. The molecule has 0 radical (unpaired) electrons.